The van der Waals surface area contributed by atoms with Crippen LogP contribution in [0.3, 0.4) is 0 Å². The first-order valence-corrected chi connectivity index (χ1v) is 5.91. The molecule has 1 aromatic carbocycles. The number of carbonyl (C=O) groups excluding carboxylic acids is 1. The minimum absolute atomic E-state index is 0.0776. The summed E-state index contributed by atoms with van der Waals surface area (Å²) in [6.07, 6.45) is -0.296. The summed E-state index contributed by atoms with van der Waals surface area (Å²) in [6.45, 7) is 1.77. The Morgan fingerprint density at radius 1 is 1.32 bits per heavy atom. The summed E-state index contributed by atoms with van der Waals surface area (Å²) in [5.41, 5.74) is 1.90. The molecule has 1 N–H and O–H groups in total. The normalized spacial score (nSPS) is 10.9. The molecule has 0 atom stereocenters. The Labute approximate surface area is 109 Å². The van der Waals surface area contributed by atoms with Crippen LogP contribution < -0.4 is 0 Å². The Morgan fingerprint density at radius 3 is 2.63 bits per heavy atom. The molecule has 0 saturated heterocycles. The van der Waals surface area contributed by atoms with Gasteiger partial charge in [0, 0.05) is 35.6 Å². The third-order valence-corrected chi connectivity index (χ3v) is 3.30. The average molecular weight is 263 g/mol. The number of fused-ring (bicyclic) bond motifs is 1. The van der Waals surface area contributed by atoms with Gasteiger partial charge in [0.2, 0.25) is 0 Å². The predicted octanol–water partition coefficient (Wildman–Crippen LogP) is 2.67. The van der Waals surface area contributed by atoms with E-state index < -0.39 is 11.8 Å². The van der Waals surface area contributed by atoms with Crippen LogP contribution in [0.5, 0.6) is 0 Å². The van der Waals surface area contributed by atoms with Crippen LogP contribution in [-0.2, 0) is 11.8 Å². The van der Waals surface area contributed by atoms with Crippen molar-refractivity contribution in [1.82, 2.24) is 4.57 Å². The maximum absolute atomic E-state index is 13.3. The van der Waals surface area contributed by atoms with Crippen molar-refractivity contribution < 1.29 is 19.1 Å². The number of carbonyl (C=O) groups is 2. The van der Waals surface area contributed by atoms with Gasteiger partial charge in [-0.3, -0.25) is 9.59 Å². The third-order valence-electron chi connectivity index (χ3n) is 3.30. The molecule has 0 saturated carbocycles. The number of aryl methyl sites for hydroxylation is 1. The molecule has 1 heterocycles. The lowest BCUT2D eigenvalue weighted by molar-refractivity contribution is -0.136. The number of Topliss-reactive ketones (excluding diaryl/α,β-unsaturated/α-hetero) is 1. The molecule has 0 spiro atoms. The first-order valence-electron chi connectivity index (χ1n) is 5.91. The van der Waals surface area contributed by atoms with Gasteiger partial charge < -0.3 is 9.67 Å². The third kappa shape index (κ3) is 2.36. The maximum Gasteiger partial charge on any atom is 0.303 e. The number of aliphatic carboxylic acids is 1. The lowest BCUT2D eigenvalue weighted by Crippen LogP contribution is -2.05. The van der Waals surface area contributed by atoms with Crippen LogP contribution >= 0.6 is 0 Å². The first kappa shape index (κ1) is 13.3. The summed E-state index contributed by atoms with van der Waals surface area (Å²) in [6, 6.07) is 4.27. The molecule has 5 heteroatoms. The number of ketones is 1. The number of halogens is 1. The highest BCUT2D eigenvalue weighted by Crippen LogP contribution is 2.27. The minimum Gasteiger partial charge on any atom is -0.481 e. The van der Waals surface area contributed by atoms with E-state index in [0.717, 1.165) is 11.2 Å². The zero-order chi connectivity index (χ0) is 14.2. The molecule has 0 unspecified atom stereocenters. The van der Waals surface area contributed by atoms with Crippen LogP contribution in [0.2, 0.25) is 0 Å². The second-order valence-corrected chi connectivity index (χ2v) is 4.50. The predicted molar refractivity (Wildman–Crippen MR) is 68.8 cm³/mol. The molecule has 2 rings (SSSR count). The Hall–Kier alpha value is -2.17. The average Bonchev–Trinajstić information content (AvgIpc) is 2.59. The van der Waals surface area contributed by atoms with E-state index >= 15 is 0 Å². The fraction of sp³-hybridized carbons (Fsp3) is 0.286. The second kappa shape index (κ2) is 4.84. The van der Waals surface area contributed by atoms with Gasteiger partial charge in [0.15, 0.2) is 5.78 Å². The van der Waals surface area contributed by atoms with Crippen molar-refractivity contribution in [2.24, 2.45) is 7.05 Å². The van der Waals surface area contributed by atoms with Crippen molar-refractivity contribution in [3.8, 4) is 0 Å². The highest BCUT2D eigenvalue weighted by molar-refractivity contribution is 6.10. The molecule has 0 bridgehead atoms. The van der Waals surface area contributed by atoms with Crippen LogP contribution in [0, 0.1) is 12.7 Å². The lowest BCUT2D eigenvalue weighted by Gasteiger charge is -2.00. The molecule has 4 nitrogen and oxygen atoms in total. The van der Waals surface area contributed by atoms with Crippen molar-refractivity contribution in [3.63, 3.8) is 0 Å². The lowest BCUT2D eigenvalue weighted by atomic mass is 10.0. The van der Waals surface area contributed by atoms with E-state index in [0.29, 0.717) is 10.9 Å². The number of carboxylic acid groups (broad SMARTS) is 1. The van der Waals surface area contributed by atoms with Gasteiger partial charge >= 0.3 is 5.97 Å². The number of hydrogen-bond donors (Lipinski definition) is 1. The molecule has 0 aliphatic rings. The van der Waals surface area contributed by atoms with Gasteiger partial charge in [0.1, 0.15) is 5.82 Å². The van der Waals surface area contributed by atoms with Gasteiger partial charge in [-0.05, 0) is 25.1 Å². The number of hydrogen-bond acceptors (Lipinski definition) is 2. The van der Waals surface area contributed by atoms with Crippen molar-refractivity contribution in [3.05, 3.63) is 35.3 Å². The summed E-state index contributed by atoms with van der Waals surface area (Å²) < 4.78 is 15.1. The molecule has 100 valence electrons. The largest absolute Gasteiger partial charge is 0.481 e. The van der Waals surface area contributed by atoms with Gasteiger partial charge in [-0.2, -0.15) is 0 Å². The van der Waals surface area contributed by atoms with E-state index in [1.807, 2.05) is 4.57 Å². The summed E-state index contributed by atoms with van der Waals surface area (Å²) >= 11 is 0. The second-order valence-electron chi connectivity index (χ2n) is 4.50. The van der Waals surface area contributed by atoms with Gasteiger partial charge in [0.25, 0.3) is 0 Å². The van der Waals surface area contributed by atoms with E-state index in [1.54, 1.807) is 20.0 Å². The van der Waals surface area contributed by atoms with Crippen molar-refractivity contribution >= 4 is 22.7 Å². The number of rotatable bonds is 4. The topological polar surface area (TPSA) is 59.3 Å². The number of aromatic nitrogens is 1. The van der Waals surface area contributed by atoms with Gasteiger partial charge in [0.05, 0.1) is 6.42 Å². The van der Waals surface area contributed by atoms with E-state index in [4.69, 9.17) is 5.11 Å². The van der Waals surface area contributed by atoms with Crippen molar-refractivity contribution in [1.29, 1.82) is 0 Å². The fourth-order valence-corrected chi connectivity index (χ4v) is 2.24. The highest BCUT2D eigenvalue weighted by atomic mass is 19.1. The molecule has 0 aliphatic heterocycles. The highest BCUT2D eigenvalue weighted by Gasteiger charge is 2.19. The standard InChI is InChI=1S/C14H14FNO3/c1-8-14(12(17)5-6-13(18)19)10-7-9(15)3-4-11(10)16(8)2/h3-4,7H,5-6H2,1-2H3,(H,18,19). The minimum atomic E-state index is -1.02. The van der Waals surface area contributed by atoms with Gasteiger partial charge in [-0.15, -0.1) is 0 Å². The molecule has 0 fully saturated rings. The van der Waals surface area contributed by atoms with E-state index in [1.165, 1.54) is 12.1 Å². The zero-order valence-corrected chi connectivity index (χ0v) is 10.7. The first-order chi connectivity index (χ1) is 8.91. The Balaban J connectivity index is 2.53. The monoisotopic (exact) mass is 263 g/mol. The van der Waals surface area contributed by atoms with Crippen molar-refractivity contribution in [2.75, 3.05) is 0 Å². The fourth-order valence-electron chi connectivity index (χ4n) is 2.24. The Kier molecular flexibility index (Phi) is 3.38. The summed E-state index contributed by atoms with van der Waals surface area (Å²) in [7, 11) is 1.80. The smallest absolute Gasteiger partial charge is 0.303 e. The quantitative estimate of drug-likeness (QED) is 0.863. The van der Waals surface area contributed by atoms with Gasteiger partial charge in [-0.25, -0.2) is 4.39 Å². The molecule has 1 aromatic heterocycles. The molecule has 2 aromatic rings. The van der Waals surface area contributed by atoms with Crippen LogP contribution in [0.1, 0.15) is 28.9 Å². The molecule has 19 heavy (non-hydrogen) atoms. The molecule has 0 amide bonds. The van der Waals surface area contributed by atoms with E-state index in [9.17, 15) is 14.0 Å². The molecule has 0 aliphatic carbocycles. The van der Waals surface area contributed by atoms with E-state index in [2.05, 4.69) is 0 Å². The van der Waals surface area contributed by atoms with Crippen LogP contribution in [0.15, 0.2) is 18.2 Å². The van der Waals surface area contributed by atoms with Crippen LogP contribution in [0.25, 0.3) is 10.9 Å². The number of benzene rings is 1. The maximum atomic E-state index is 13.3. The van der Waals surface area contributed by atoms with E-state index in [-0.39, 0.29) is 18.6 Å². The molecular weight excluding hydrogens is 249 g/mol. The van der Waals surface area contributed by atoms with Gasteiger partial charge in [-0.1, -0.05) is 0 Å². The SMILES string of the molecule is Cc1c(C(=O)CCC(=O)O)c2cc(F)ccc2n1C. The zero-order valence-electron chi connectivity index (χ0n) is 10.7. The van der Waals surface area contributed by atoms with Crippen molar-refractivity contribution in [2.45, 2.75) is 19.8 Å². The summed E-state index contributed by atoms with van der Waals surface area (Å²) in [5, 5.41) is 9.16. The van der Waals surface area contributed by atoms with Crippen LogP contribution in [0.4, 0.5) is 4.39 Å². The Bertz CT molecular complexity index is 673. The van der Waals surface area contributed by atoms with Crippen LogP contribution in [-0.4, -0.2) is 21.4 Å². The molecule has 0 radical (unpaired) electrons. The molecular formula is C14H14FNO3. The number of carboxylic acids is 1. The Morgan fingerprint density at radius 2 is 2.00 bits per heavy atom. The number of nitrogens with zero attached hydrogens (tertiary/aromatic N) is 1. The summed E-state index contributed by atoms with van der Waals surface area (Å²) in [4.78, 5) is 22.6. The summed E-state index contributed by atoms with van der Waals surface area (Å²) in [5.74, 6) is -1.70.